The van der Waals surface area contributed by atoms with Crippen molar-refractivity contribution in [1.29, 1.82) is 5.26 Å². The zero-order chi connectivity index (χ0) is 18.2. The van der Waals surface area contributed by atoms with Gasteiger partial charge in [-0.05, 0) is 42.5 Å². The molecule has 0 saturated carbocycles. The van der Waals surface area contributed by atoms with Crippen LogP contribution in [0.5, 0.6) is 0 Å². The van der Waals surface area contributed by atoms with Crippen LogP contribution in [-0.4, -0.2) is 11.8 Å². The third-order valence-electron chi connectivity index (χ3n) is 3.03. The van der Waals surface area contributed by atoms with E-state index >= 15 is 0 Å². The SMILES string of the molecule is CC(=O)Nc1cccc(N/C=C(/C#N)C(=O)Nc2ccc(F)cc2)c1. The Morgan fingerprint density at radius 2 is 1.72 bits per heavy atom. The number of carbonyl (C=O) groups excluding carboxylic acids is 2. The van der Waals surface area contributed by atoms with Gasteiger partial charge in [0.15, 0.2) is 0 Å². The van der Waals surface area contributed by atoms with Crippen LogP contribution in [0.1, 0.15) is 6.92 Å². The molecule has 7 heteroatoms. The largest absolute Gasteiger partial charge is 0.360 e. The van der Waals surface area contributed by atoms with Gasteiger partial charge in [0.25, 0.3) is 5.91 Å². The van der Waals surface area contributed by atoms with Gasteiger partial charge in [-0.3, -0.25) is 9.59 Å². The van der Waals surface area contributed by atoms with E-state index < -0.39 is 11.7 Å². The first-order valence-corrected chi connectivity index (χ1v) is 7.29. The fourth-order valence-corrected chi connectivity index (χ4v) is 1.93. The first kappa shape index (κ1) is 17.7. The Labute approximate surface area is 144 Å². The zero-order valence-corrected chi connectivity index (χ0v) is 13.3. The summed E-state index contributed by atoms with van der Waals surface area (Å²) in [6.07, 6.45) is 1.26. The molecule has 2 aromatic rings. The second-order valence-electron chi connectivity index (χ2n) is 5.04. The van der Waals surface area contributed by atoms with Gasteiger partial charge in [0.2, 0.25) is 5.91 Å². The van der Waals surface area contributed by atoms with E-state index in [-0.39, 0.29) is 11.5 Å². The fourth-order valence-electron chi connectivity index (χ4n) is 1.93. The summed E-state index contributed by atoms with van der Waals surface area (Å²) in [4.78, 5) is 23.1. The van der Waals surface area contributed by atoms with Gasteiger partial charge in [-0.25, -0.2) is 4.39 Å². The number of rotatable bonds is 5. The van der Waals surface area contributed by atoms with Gasteiger partial charge in [0, 0.05) is 30.2 Å². The van der Waals surface area contributed by atoms with Crippen molar-refractivity contribution in [1.82, 2.24) is 0 Å². The lowest BCUT2D eigenvalue weighted by Gasteiger charge is -2.07. The predicted molar refractivity (Wildman–Crippen MR) is 93.1 cm³/mol. The van der Waals surface area contributed by atoms with Crippen LogP contribution in [-0.2, 0) is 9.59 Å². The zero-order valence-electron chi connectivity index (χ0n) is 13.3. The summed E-state index contributed by atoms with van der Waals surface area (Å²) < 4.78 is 12.9. The van der Waals surface area contributed by atoms with Gasteiger partial charge < -0.3 is 16.0 Å². The number of nitrogens with one attached hydrogen (secondary N) is 3. The van der Waals surface area contributed by atoms with Crippen LogP contribution in [0.25, 0.3) is 0 Å². The summed E-state index contributed by atoms with van der Waals surface area (Å²) in [6, 6.07) is 13.8. The Morgan fingerprint density at radius 3 is 2.36 bits per heavy atom. The molecule has 0 radical (unpaired) electrons. The third-order valence-corrected chi connectivity index (χ3v) is 3.03. The van der Waals surface area contributed by atoms with Gasteiger partial charge in [-0.2, -0.15) is 5.26 Å². The molecule has 2 rings (SSSR count). The quantitative estimate of drug-likeness (QED) is 0.576. The Bertz CT molecular complexity index is 854. The average molecular weight is 338 g/mol. The van der Waals surface area contributed by atoms with Crippen molar-refractivity contribution in [3.63, 3.8) is 0 Å². The maximum atomic E-state index is 12.9. The van der Waals surface area contributed by atoms with Crippen LogP contribution < -0.4 is 16.0 Å². The van der Waals surface area contributed by atoms with Gasteiger partial charge in [0.1, 0.15) is 17.5 Å². The van der Waals surface area contributed by atoms with Crippen LogP contribution >= 0.6 is 0 Å². The molecule has 0 heterocycles. The standard InChI is InChI=1S/C18H15FN4O2/c1-12(24)22-17-4-2-3-16(9-17)21-11-13(10-20)18(25)23-15-7-5-14(19)6-8-15/h2-9,11,21H,1H3,(H,22,24)(H,23,25)/b13-11-. The smallest absolute Gasteiger partial charge is 0.267 e. The van der Waals surface area contributed by atoms with Gasteiger partial charge in [-0.15, -0.1) is 0 Å². The highest BCUT2D eigenvalue weighted by Gasteiger charge is 2.09. The molecule has 0 atom stereocenters. The molecular weight excluding hydrogens is 323 g/mol. The number of halogens is 1. The molecule has 6 nitrogen and oxygen atoms in total. The van der Waals surface area contributed by atoms with Crippen LogP contribution in [0.4, 0.5) is 21.5 Å². The maximum absolute atomic E-state index is 12.9. The molecule has 0 bridgehead atoms. The molecule has 0 unspecified atom stereocenters. The van der Waals surface area contributed by atoms with Crippen molar-refractivity contribution in [2.24, 2.45) is 0 Å². The molecule has 0 aliphatic heterocycles. The van der Waals surface area contributed by atoms with Gasteiger partial charge in [-0.1, -0.05) is 6.07 Å². The van der Waals surface area contributed by atoms with E-state index in [2.05, 4.69) is 16.0 Å². The fraction of sp³-hybridized carbons (Fsp3) is 0.0556. The number of hydrogen-bond donors (Lipinski definition) is 3. The molecule has 0 fully saturated rings. The van der Waals surface area contributed by atoms with E-state index in [1.54, 1.807) is 30.3 Å². The highest BCUT2D eigenvalue weighted by Crippen LogP contribution is 2.16. The second kappa shape index (κ2) is 8.26. The first-order chi connectivity index (χ1) is 12.0. The summed E-state index contributed by atoms with van der Waals surface area (Å²) in [7, 11) is 0. The summed E-state index contributed by atoms with van der Waals surface area (Å²) in [6.45, 7) is 1.40. The van der Waals surface area contributed by atoms with E-state index in [1.807, 2.05) is 0 Å². The number of hydrogen-bond acceptors (Lipinski definition) is 4. The lowest BCUT2D eigenvalue weighted by molar-refractivity contribution is -0.114. The topological polar surface area (TPSA) is 94.0 Å². The minimum absolute atomic E-state index is 0.158. The Kier molecular flexibility index (Phi) is 5.85. The summed E-state index contributed by atoms with van der Waals surface area (Å²) in [5, 5.41) is 17.1. The van der Waals surface area contributed by atoms with E-state index in [0.29, 0.717) is 17.1 Å². The van der Waals surface area contributed by atoms with Crippen molar-refractivity contribution in [2.75, 3.05) is 16.0 Å². The number of anilines is 3. The van der Waals surface area contributed by atoms with Crippen LogP contribution in [0, 0.1) is 17.1 Å². The Balaban J connectivity index is 2.07. The number of nitrogens with zero attached hydrogens (tertiary/aromatic N) is 1. The lowest BCUT2D eigenvalue weighted by atomic mass is 10.2. The van der Waals surface area contributed by atoms with E-state index in [0.717, 1.165) is 0 Å². The minimum atomic E-state index is -0.625. The van der Waals surface area contributed by atoms with Crippen molar-refractivity contribution in [2.45, 2.75) is 6.92 Å². The molecule has 2 aromatic carbocycles. The highest BCUT2D eigenvalue weighted by molar-refractivity contribution is 6.06. The van der Waals surface area contributed by atoms with E-state index in [4.69, 9.17) is 5.26 Å². The molecule has 25 heavy (non-hydrogen) atoms. The number of benzene rings is 2. The lowest BCUT2D eigenvalue weighted by Crippen LogP contribution is -2.14. The van der Waals surface area contributed by atoms with Gasteiger partial charge >= 0.3 is 0 Å². The summed E-state index contributed by atoms with van der Waals surface area (Å²) >= 11 is 0. The Hall–Kier alpha value is -3.66. The number of amides is 2. The highest BCUT2D eigenvalue weighted by atomic mass is 19.1. The van der Waals surface area contributed by atoms with E-state index in [9.17, 15) is 14.0 Å². The van der Waals surface area contributed by atoms with Crippen LogP contribution in [0.3, 0.4) is 0 Å². The monoisotopic (exact) mass is 338 g/mol. The van der Waals surface area contributed by atoms with Crippen molar-refractivity contribution < 1.29 is 14.0 Å². The van der Waals surface area contributed by atoms with Crippen molar-refractivity contribution >= 4 is 28.9 Å². The van der Waals surface area contributed by atoms with Crippen molar-refractivity contribution in [3.8, 4) is 6.07 Å². The molecular formula is C18H15FN4O2. The maximum Gasteiger partial charge on any atom is 0.267 e. The normalized spacial score (nSPS) is 10.5. The molecule has 0 aromatic heterocycles. The van der Waals surface area contributed by atoms with E-state index in [1.165, 1.54) is 37.4 Å². The first-order valence-electron chi connectivity index (χ1n) is 7.29. The molecule has 0 aliphatic carbocycles. The molecule has 0 spiro atoms. The Morgan fingerprint density at radius 1 is 1.04 bits per heavy atom. The third kappa shape index (κ3) is 5.48. The molecule has 0 aliphatic rings. The second-order valence-corrected chi connectivity index (χ2v) is 5.04. The summed E-state index contributed by atoms with van der Waals surface area (Å²) in [5.41, 5.74) is 1.39. The summed E-state index contributed by atoms with van der Waals surface area (Å²) in [5.74, 6) is -1.25. The van der Waals surface area contributed by atoms with Crippen LogP contribution in [0.2, 0.25) is 0 Å². The molecule has 3 N–H and O–H groups in total. The van der Waals surface area contributed by atoms with Crippen molar-refractivity contribution in [3.05, 3.63) is 66.1 Å². The average Bonchev–Trinajstić information content (AvgIpc) is 2.57. The minimum Gasteiger partial charge on any atom is -0.360 e. The molecule has 126 valence electrons. The predicted octanol–water partition coefficient (Wildman–Crippen LogP) is 3.24. The molecule has 2 amide bonds. The molecule has 0 saturated heterocycles. The van der Waals surface area contributed by atoms with Gasteiger partial charge in [0.05, 0.1) is 0 Å². The van der Waals surface area contributed by atoms with Crippen LogP contribution in [0.15, 0.2) is 60.3 Å². The number of nitriles is 1. The number of carbonyl (C=O) groups is 2.